The van der Waals surface area contributed by atoms with Crippen LogP contribution >= 0.6 is 12.2 Å². The SMILES string of the molecule is CN1C[C@H](c2cn(C)c3ccccc23)[C@]2(C1)NC(=S)N(c1cccnc1)C2=O. The summed E-state index contributed by atoms with van der Waals surface area (Å²) in [5.74, 6) is -0.0106. The molecular weight excluding hydrogens is 370 g/mol. The minimum atomic E-state index is -0.772. The van der Waals surface area contributed by atoms with Gasteiger partial charge in [-0.15, -0.1) is 0 Å². The minimum Gasteiger partial charge on any atom is -0.350 e. The number of rotatable bonds is 2. The number of hydrogen-bond acceptors (Lipinski definition) is 4. The number of aryl methyl sites for hydroxylation is 1. The molecule has 0 radical (unpaired) electrons. The van der Waals surface area contributed by atoms with E-state index < -0.39 is 5.54 Å². The number of anilines is 1. The number of hydrogen-bond donors (Lipinski definition) is 1. The fourth-order valence-corrected chi connectivity index (χ4v) is 5.11. The Labute approximate surface area is 168 Å². The summed E-state index contributed by atoms with van der Waals surface area (Å²) < 4.78 is 2.13. The molecule has 2 aliphatic heterocycles. The Morgan fingerprint density at radius 3 is 2.82 bits per heavy atom. The van der Waals surface area contributed by atoms with Crippen LogP contribution < -0.4 is 10.2 Å². The van der Waals surface area contributed by atoms with Gasteiger partial charge < -0.3 is 14.8 Å². The maximum atomic E-state index is 13.7. The van der Waals surface area contributed by atoms with Gasteiger partial charge in [0.15, 0.2) is 5.11 Å². The van der Waals surface area contributed by atoms with Gasteiger partial charge in [-0.2, -0.15) is 0 Å². The Morgan fingerprint density at radius 2 is 2.04 bits per heavy atom. The zero-order valence-corrected chi connectivity index (χ0v) is 16.6. The number of carbonyl (C=O) groups is 1. The molecule has 2 aliphatic rings. The Morgan fingerprint density at radius 1 is 1.21 bits per heavy atom. The predicted molar refractivity (Wildman–Crippen MR) is 113 cm³/mol. The summed E-state index contributed by atoms with van der Waals surface area (Å²) in [6.45, 7) is 1.40. The first kappa shape index (κ1) is 17.3. The first-order valence-corrected chi connectivity index (χ1v) is 9.71. The minimum absolute atomic E-state index is 0.00396. The molecule has 1 aromatic carbocycles. The molecule has 1 N–H and O–H groups in total. The number of para-hydroxylation sites is 1. The highest BCUT2D eigenvalue weighted by Gasteiger charge is 2.59. The summed E-state index contributed by atoms with van der Waals surface area (Å²) in [4.78, 5) is 21.7. The number of pyridine rings is 1. The van der Waals surface area contributed by atoms with Gasteiger partial charge in [0.25, 0.3) is 5.91 Å². The highest BCUT2D eigenvalue weighted by atomic mass is 32.1. The number of likely N-dealkylation sites (N-methyl/N-ethyl adjacent to an activating group) is 1. The molecule has 7 heteroatoms. The van der Waals surface area contributed by atoms with E-state index in [4.69, 9.17) is 12.2 Å². The lowest BCUT2D eigenvalue weighted by molar-refractivity contribution is -0.122. The van der Waals surface area contributed by atoms with E-state index >= 15 is 0 Å². The van der Waals surface area contributed by atoms with E-state index in [1.165, 1.54) is 16.5 Å². The van der Waals surface area contributed by atoms with Gasteiger partial charge >= 0.3 is 0 Å². The number of fused-ring (bicyclic) bond motifs is 1. The van der Waals surface area contributed by atoms with Crippen molar-refractivity contribution in [3.05, 3.63) is 60.6 Å². The third-order valence-electron chi connectivity index (χ3n) is 5.93. The predicted octanol–water partition coefficient (Wildman–Crippen LogP) is 2.26. The van der Waals surface area contributed by atoms with E-state index in [-0.39, 0.29) is 11.8 Å². The van der Waals surface area contributed by atoms with E-state index in [2.05, 4.69) is 45.1 Å². The maximum absolute atomic E-state index is 13.7. The van der Waals surface area contributed by atoms with Gasteiger partial charge in [0.1, 0.15) is 5.54 Å². The lowest BCUT2D eigenvalue weighted by Gasteiger charge is -2.28. The van der Waals surface area contributed by atoms with Crippen molar-refractivity contribution in [1.82, 2.24) is 19.8 Å². The van der Waals surface area contributed by atoms with E-state index in [0.717, 1.165) is 6.54 Å². The molecule has 28 heavy (non-hydrogen) atoms. The standard InChI is InChI=1S/C21H21N5OS/c1-24-12-17(16-11-25(2)18-8-4-3-7-15(16)18)21(13-24)19(27)26(20(28)23-21)14-6-5-9-22-10-14/h3-11,17H,12-13H2,1-2H3,(H,23,28)/t17-,21+/m1/s1. The summed E-state index contributed by atoms with van der Waals surface area (Å²) in [6.07, 6.45) is 5.52. The van der Waals surface area contributed by atoms with E-state index in [0.29, 0.717) is 17.3 Å². The molecule has 2 atom stereocenters. The molecule has 2 saturated heterocycles. The van der Waals surface area contributed by atoms with Crippen LogP contribution in [0, 0.1) is 0 Å². The zero-order valence-electron chi connectivity index (χ0n) is 15.8. The van der Waals surface area contributed by atoms with Crippen LogP contribution in [-0.2, 0) is 11.8 Å². The first-order valence-electron chi connectivity index (χ1n) is 9.30. The van der Waals surface area contributed by atoms with E-state index in [9.17, 15) is 4.79 Å². The van der Waals surface area contributed by atoms with Crippen molar-refractivity contribution in [2.24, 2.45) is 7.05 Å². The second-order valence-electron chi connectivity index (χ2n) is 7.72. The molecule has 5 rings (SSSR count). The van der Waals surface area contributed by atoms with Crippen LogP contribution in [0.1, 0.15) is 11.5 Å². The number of carbonyl (C=O) groups excluding carboxylic acids is 1. The van der Waals surface area contributed by atoms with Crippen molar-refractivity contribution in [1.29, 1.82) is 0 Å². The Bertz CT molecular complexity index is 1090. The highest BCUT2D eigenvalue weighted by Crippen LogP contribution is 2.43. The normalized spacial score (nSPS) is 25.2. The molecule has 1 amide bonds. The number of thiocarbonyl (C=S) groups is 1. The van der Waals surface area contributed by atoms with Gasteiger partial charge in [-0.05, 0) is 43.0 Å². The van der Waals surface area contributed by atoms with Crippen molar-refractivity contribution in [2.45, 2.75) is 11.5 Å². The molecule has 0 bridgehead atoms. The topological polar surface area (TPSA) is 53.4 Å². The van der Waals surface area contributed by atoms with Gasteiger partial charge in [0.2, 0.25) is 0 Å². The lowest BCUT2D eigenvalue weighted by atomic mass is 9.81. The number of aromatic nitrogens is 2. The molecule has 1 spiro atoms. The largest absolute Gasteiger partial charge is 0.350 e. The number of nitrogens with one attached hydrogen (secondary N) is 1. The van der Waals surface area contributed by atoms with Gasteiger partial charge in [-0.3, -0.25) is 14.7 Å². The summed E-state index contributed by atoms with van der Waals surface area (Å²) >= 11 is 5.59. The van der Waals surface area contributed by atoms with E-state index in [1.54, 1.807) is 17.3 Å². The Balaban J connectivity index is 1.64. The van der Waals surface area contributed by atoms with Crippen molar-refractivity contribution in [3.63, 3.8) is 0 Å². The molecule has 2 aromatic heterocycles. The Hall–Kier alpha value is -2.77. The molecular formula is C21H21N5OS. The van der Waals surface area contributed by atoms with Gasteiger partial charge in [-0.25, -0.2) is 0 Å². The van der Waals surface area contributed by atoms with Gasteiger partial charge in [0, 0.05) is 49.4 Å². The molecule has 0 unspecified atom stereocenters. The van der Waals surface area contributed by atoms with Crippen LogP contribution in [0.15, 0.2) is 55.0 Å². The Kier molecular flexibility index (Phi) is 3.79. The van der Waals surface area contributed by atoms with Crippen molar-refractivity contribution in [2.75, 3.05) is 25.0 Å². The van der Waals surface area contributed by atoms with Crippen LogP contribution in [0.3, 0.4) is 0 Å². The number of likely N-dealkylation sites (tertiary alicyclic amines) is 1. The van der Waals surface area contributed by atoms with Crippen molar-refractivity contribution < 1.29 is 4.79 Å². The number of nitrogens with zero attached hydrogens (tertiary/aromatic N) is 4. The molecule has 142 valence electrons. The van der Waals surface area contributed by atoms with Gasteiger partial charge in [0.05, 0.1) is 11.9 Å². The molecule has 6 nitrogen and oxygen atoms in total. The second-order valence-corrected chi connectivity index (χ2v) is 8.10. The molecule has 2 fully saturated rings. The summed E-state index contributed by atoms with van der Waals surface area (Å²) in [7, 11) is 4.10. The highest BCUT2D eigenvalue weighted by molar-refractivity contribution is 7.80. The average Bonchev–Trinajstić information content (AvgIpc) is 3.28. The van der Waals surface area contributed by atoms with Gasteiger partial charge in [-0.1, -0.05) is 18.2 Å². The summed E-state index contributed by atoms with van der Waals surface area (Å²) in [5.41, 5.74) is 2.28. The molecule has 4 heterocycles. The summed E-state index contributed by atoms with van der Waals surface area (Å²) in [6, 6.07) is 12.0. The quantitative estimate of drug-likeness (QED) is 0.679. The molecule has 3 aromatic rings. The second kappa shape index (κ2) is 6.12. The third kappa shape index (κ3) is 2.33. The first-order chi connectivity index (χ1) is 13.5. The smallest absolute Gasteiger partial charge is 0.261 e. The monoisotopic (exact) mass is 391 g/mol. The molecule has 0 aliphatic carbocycles. The lowest BCUT2D eigenvalue weighted by Crippen LogP contribution is -2.52. The molecule has 0 saturated carbocycles. The van der Waals surface area contributed by atoms with Crippen molar-refractivity contribution in [3.8, 4) is 0 Å². The fourth-order valence-electron chi connectivity index (χ4n) is 4.74. The number of benzene rings is 1. The van der Waals surface area contributed by atoms with Crippen LogP contribution in [0.5, 0.6) is 0 Å². The average molecular weight is 392 g/mol. The summed E-state index contributed by atoms with van der Waals surface area (Å²) in [5, 5.41) is 5.04. The van der Waals surface area contributed by atoms with E-state index in [1.807, 2.05) is 31.3 Å². The third-order valence-corrected chi connectivity index (χ3v) is 6.22. The van der Waals surface area contributed by atoms with Crippen LogP contribution in [0.25, 0.3) is 10.9 Å². The van der Waals surface area contributed by atoms with Crippen LogP contribution in [-0.4, -0.2) is 51.1 Å². The number of amides is 1. The van der Waals surface area contributed by atoms with Crippen molar-refractivity contribution >= 4 is 39.8 Å². The zero-order chi connectivity index (χ0) is 19.5. The van der Waals surface area contributed by atoms with Crippen LogP contribution in [0.2, 0.25) is 0 Å². The fraction of sp³-hybridized carbons (Fsp3) is 0.286. The maximum Gasteiger partial charge on any atom is 0.261 e. The van der Waals surface area contributed by atoms with Crippen LogP contribution in [0.4, 0.5) is 5.69 Å².